The summed E-state index contributed by atoms with van der Waals surface area (Å²) in [5, 5.41) is 26.5. The fraction of sp³-hybridized carbons (Fsp3) is 0. The first-order valence-electron chi connectivity index (χ1n) is 14.0. The van der Waals surface area contributed by atoms with E-state index in [0.717, 1.165) is 0 Å². The molecule has 0 aliphatic rings. The van der Waals surface area contributed by atoms with Crippen LogP contribution in [0.2, 0.25) is 0 Å². The van der Waals surface area contributed by atoms with Gasteiger partial charge in [0.1, 0.15) is 0 Å². The number of ether oxygens (including phenoxy) is 1. The molecular weight excluding hydrogens is 804 g/mol. The van der Waals surface area contributed by atoms with Gasteiger partial charge in [-0.25, -0.2) is 0 Å². The number of carbonyl (C=O) groups is 2. The molecule has 0 saturated heterocycles. The van der Waals surface area contributed by atoms with E-state index in [-0.39, 0.29) is 39.0 Å². The maximum absolute atomic E-state index is 9.06. The molecule has 47 heavy (non-hydrogen) atoms. The topological polar surface area (TPSA) is 89.5 Å². The average molecular weight is 834 g/mol. The summed E-state index contributed by atoms with van der Waals surface area (Å²) in [5.74, 6) is 0. The average Bonchev–Trinajstić information content (AvgIpc) is 3.08. The maximum Gasteiger partial charge on any atom is 0.259 e. The third-order valence-electron chi connectivity index (χ3n) is 6.25. The van der Waals surface area contributed by atoms with Crippen LogP contribution in [0.15, 0.2) is 182 Å². The molecule has 0 aromatic heterocycles. The molecule has 6 aromatic rings. The van der Waals surface area contributed by atoms with Gasteiger partial charge in [-0.3, -0.25) is 0 Å². The summed E-state index contributed by atoms with van der Waals surface area (Å²) in [6, 6.07) is 64.7. The summed E-state index contributed by atoms with van der Waals surface area (Å²) in [5.41, 5.74) is 0. The molecule has 5 nitrogen and oxygen atoms in total. The number of carboxylic acid groups (broad SMARTS) is 2. The molecule has 9 heteroatoms. The van der Waals surface area contributed by atoms with Crippen LogP contribution in [0.5, 0.6) is 0 Å². The van der Waals surface area contributed by atoms with Crippen molar-refractivity contribution in [2.45, 2.75) is 0 Å². The normalized spacial score (nSPS) is 9.66. The van der Waals surface area contributed by atoms with Crippen molar-refractivity contribution in [1.29, 1.82) is 0 Å². The van der Waals surface area contributed by atoms with Crippen LogP contribution < -0.4 is 42.0 Å². The maximum atomic E-state index is 9.06. The molecule has 0 saturated carbocycles. The largest absolute Gasteiger partial charge is 0.483 e. The van der Waals surface area contributed by atoms with Crippen molar-refractivity contribution in [3.63, 3.8) is 0 Å². The second-order valence-electron chi connectivity index (χ2n) is 9.29. The Bertz CT molecular complexity index is 1400. The van der Waals surface area contributed by atoms with E-state index >= 15 is 0 Å². The number of benzene rings is 6. The zero-order valence-corrected chi connectivity index (χ0v) is 30.0. The van der Waals surface area contributed by atoms with Crippen LogP contribution in [0.4, 0.5) is 9.59 Å². The van der Waals surface area contributed by atoms with E-state index in [1.165, 1.54) is 31.8 Å². The predicted octanol–water partition coefficient (Wildman–Crippen LogP) is 4.57. The minimum Gasteiger partial charge on any atom is -0.483 e. The fourth-order valence-corrected chi connectivity index (χ4v) is 9.04. The minimum absolute atomic E-state index is 0. The van der Waals surface area contributed by atoms with Gasteiger partial charge >= 0.3 is 0 Å². The van der Waals surface area contributed by atoms with Gasteiger partial charge in [-0.15, -0.1) is 0 Å². The summed E-state index contributed by atoms with van der Waals surface area (Å²) >= 11 is 0. The number of hydrogen-bond acceptors (Lipinski definition) is 5. The zero-order valence-electron chi connectivity index (χ0n) is 24.9. The summed E-state index contributed by atoms with van der Waals surface area (Å²) in [6.07, 6.45) is -4.25. The standard InChI is InChI=1S/2C18H15P.C2H2O5.2Rh/c2*1-4-10-16(11-5-1)19(17-12-6-2-7-13-17)18-14-8-3-9-15-18;3-1(4)7-2(5)6;;/h2*1-15H;(H,3,4)(H,5,6);;/p-2. The van der Waals surface area contributed by atoms with Gasteiger partial charge in [-0.2, -0.15) is 0 Å². The first-order chi connectivity index (χ1) is 22.0. The third-order valence-corrected chi connectivity index (χ3v) is 11.1. The number of rotatable bonds is 6. The molecule has 0 aliphatic heterocycles. The van der Waals surface area contributed by atoms with Crippen molar-refractivity contribution in [2.75, 3.05) is 0 Å². The fourth-order valence-electron chi connectivity index (χ4n) is 4.42. The van der Waals surface area contributed by atoms with E-state index in [1.54, 1.807) is 0 Å². The van der Waals surface area contributed by atoms with Crippen LogP contribution in [0.1, 0.15) is 0 Å². The summed E-state index contributed by atoms with van der Waals surface area (Å²) in [4.78, 5) is 18.1. The molecule has 0 fully saturated rings. The zero-order chi connectivity index (χ0) is 31.7. The summed E-state index contributed by atoms with van der Waals surface area (Å²) in [6.45, 7) is 0. The first-order valence-corrected chi connectivity index (χ1v) is 16.7. The van der Waals surface area contributed by atoms with Crippen molar-refractivity contribution in [2.24, 2.45) is 0 Å². The van der Waals surface area contributed by atoms with Crippen LogP contribution in [-0.2, 0) is 43.7 Å². The molecule has 6 aromatic carbocycles. The quantitative estimate of drug-likeness (QED) is 0.106. The molecule has 0 amide bonds. The van der Waals surface area contributed by atoms with Gasteiger partial charge < -0.3 is 24.5 Å². The van der Waals surface area contributed by atoms with Crippen molar-refractivity contribution in [3.8, 4) is 0 Å². The van der Waals surface area contributed by atoms with Crippen molar-refractivity contribution < 1.29 is 63.5 Å². The van der Waals surface area contributed by atoms with E-state index in [4.69, 9.17) is 19.8 Å². The SMILES string of the molecule is O=C([O-])OC(=O)[O-].[Rh].[Rh].c1ccc(P(c2ccccc2)c2ccccc2)cc1.c1ccc(P(c2ccccc2)c2ccccc2)cc1. The Hall–Kier alpha value is -3.83. The van der Waals surface area contributed by atoms with Gasteiger partial charge in [-0.1, -0.05) is 182 Å². The molecule has 0 unspecified atom stereocenters. The third kappa shape index (κ3) is 13.1. The monoisotopic (exact) mass is 834 g/mol. The van der Waals surface area contributed by atoms with Crippen LogP contribution in [0.3, 0.4) is 0 Å². The molecule has 242 valence electrons. The second kappa shape index (κ2) is 21.9. The van der Waals surface area contributed by atoms with Gasteiger partial charge in [0.2, 0.25) is 0 Å². The molecule has 0 N–H and O–H groups in total. The van der Waals surface area contributed by atoms with Crippen molar-refractivity contribution in [1.82, 2.24) is 0 Å². The van der Waals surface area contributed by atoms with E-state index < -0.39 is 28.2 Å². The molecule has 0 spiro atoms. The Balaban J connectivity index is 0.000000264. The Kier molecular flexibility index (Phi) is 18.3. The predicted molar refractivity (Wildman–Crippen MR) is 182 cm³/mol. The molecule has 0 aliphatic carbocycles. The smallest absolute Gasteiger partial charge is 0.259 e. The molecule has 6 rings (SSSR count). The van der Waals surface area contributed by atoms with Crippen LogP contribution >= 0.6 is 15.8 Å². The van der Waals surface area contributed by atoms with Crippen molar-refractivity contribution >= 4 is 60.0 Å². The van der Waals surface area contributed by atoms with Gasteiger partial charge in [0, 0.05) is 39.0 Å². The van der Waals surface area contributed by atoms with Gasteiger partial charge in [-0.05, 0) is 47.7 Å². The Labute approximate surface area is 303 Å². The number of carbonyl (C=O) groups excluding carboxylic acids is 2. The first kappa shape index (κ1) is 39.3. The minimum atomic E-state index is -2.12. The van der Waals surface area contributed by atoms with E-state index in [9.17, 15) is 0 Å². The Morgan fingerprint density at radius 2 is 0.489 bits per heavy atom. The number of hydrogen-bond donors (Lipinski definition) is 0. The Morgan fingerprint density at radius 3 is 0.596 bits per heavy atom. The molecule has 0 atom stereocenters. The molecular formula is C38H30O5P2Rh2-2. The van der Waals surface area contributed by atoms with Gasteiger partial charge in [0.25, 0.3) is 12.3 Å². The molecule has 0 bridgehead atoms. The Morgan fingerprint density at radius 1 is 0.340 bits per heavy atom. The molecule has 0 heterocycles. The second-order valence-corrected chi connectivity index (χ2v) is 13.7. The van der Waals surface area contributed by atoms with E-state index in [1.807, 2.05) is 0 Å². The summed E-state index contributed by atoms with van der Waals surface area (Å²) < 4.78 is 2.86. The van der Waals surface area contributed by atoms with E-state index in [2.05, 4.69) is 187 Å². The van der Waals surface area contributed by atoms with E-state index in [0.29, 0.717) is 0 Å². The summed E-state index contributed by atoms with van der Waals surface area (Å²) in [7, 11) is -0.892. The van der Waals surface area contributed by atoms with Crippen LogP contribution in [0.25, 0.3) is 0 Å². The van der Waals surface area contributed by atoms with Gasteiger partial charge in [0.05, 0.1) is 0 Å². The van der Waals surface area contributed by atoms with Crippen LogP contribution in [-0.4, -0.2) is 12.3 Å². The van der Waals surface area contributed by atoms with Gasteiger partial charge in [0.15, 0.2) is 0 Å². The van der Waals surface area contributed by atoms with Crippen molar-refractivity contribution in [3.05, 3.63) is 182 Å². The van der Waals surface area contributed by atoms with Crippen LogP contribution in [0, 0.1) is 0 Å². The molecule has 2 radical (unpaired) electrons.